The highest BCUT2D eigenvalue weighted by Gasteiger charge is 2.30. The molecule has 2 aromatic rings. The molecule has 152 valence electrons. The number of benzene rings is 2. The summed E-state index contributed by atoms with van der Waals surface area (Å²) in [6, 6.07) is 8.73. The second kappa shape index (κ2) is 9.45. The van der Waals surface area contributed by atoms with Crippen LogP contribution in [0.4, 0.5) is 10.1 Å². The monoisotopic (exact) mass is 448 g/mol. The summed E-state index contributed by atoms with van der Waals surface area (Å²) in [5, 5.41) is 3.03. The highest BCUT2D eigenvalue weighted by molar-refractivity contribution is 7.92. The van der Waals surface area contributed by atoms with E-state index in [0.717, 1.165) is 10.6 Å². The van der Waals surface area contributed by atoms with Crippen molar-refractivity contribution in [1.82, 2.24) is 5.32 Å². The molecule has 1 N–H and O–H groups in total. The molecule has 0 bridgehead atoms. The third-order valence-electron chi connectivity index (χ3n) is 3.72. The van der Waals surface area contributed by atoms with Gasteiger partial charge < -0.3 is 10.1 Å². The van der Waals surface area contributed by atoms with Gasteiger partial charge in [-0.05, 0) is 49.4 Å². The number of hydrogen-bond acceptors (Lipinski definition) is 4. The van der Waals surface area contributed by atoms with Crippen LogP contribution in [0.1, 0.15) is 6.92 Å². The number of amides is 1. The van der Waals surface area contributed by atoms with E-state index in [-0.39, 0.29) is 34.7 Å². The Bertz CT molecular complexity index is 939. The van der Waals surface area contributed by atoms with Crippen LogP contribution in [0.2, 0.25) is 10.0 Å². The van der Waals surface area contributed by atoms with Gasteiger partial charge in [0.05, 0.1) is 23.5 Å². The Kier molecular flexibility index (Phi) is 7.51. The van der Waals surface area contributed by atoms with Gasteiger partial charge in [0.2, 0.25) is 15.9 Å². The Morgan fingerprint density at radius 1 is 1.21 bits per heavy atom. The fourth-order valence-electron chi connectivity index (χ4n) is 2.46. The summed E-state index contributed by atoms with van der Waals surface area (Å²) in [4.78, 5) is 12.5. The summed E-state index contributed by atoms with van der Waals surface area (Å²) in [6.07, 6.45) is 0.978. The molecule has 0 spiro atoms. The molecule has 6 nitrogen and oxygen atoms in total. The van der Waals surface area contributed by atoms with Crippen LogP contribution in [0.25, 0.3) is 0 Å². The zero-order valence-electron chi connectivity index (χ0n) is 15.2. The Labute approximate surface area is 173 Å². The SMILES string of the molecule is CC(C(=O)NCCOc1ccc(F)cc1)N(c1cc(Cl)ccc1Cl)S(C)(=O)=O. The summed E-state index contributed by atoms with van der Waals surface area (Å²) in [5.74, 6) is -0.466. The van der Waals surface area contributed by atoms with Gasteiger partial charge in [0.15, 0.2) is 0 Å². The second-order valence-corrected chi connectivity index (χ2v) is 8.63. The fourth-order valence-corrected chi connectivity index (χ4v) is 4.06. The summed E-state index contributed by atoms with van der Waals surface area (Å²) >= 11 is 12.1. The highest BCUT2D eigenvalue weighted by Crippen LogP contribution is 2.32. The molecule has 0 radical (unpaired) electrons. The predicted molar refractivity (Wildman–Crippen MR) is 108 cm³/mol. The van der Waals surface area contributed by atoms with Crippen LogP contribution in [-0.4, -0.2) is 39.8 Å². The number of carbonyl (C=O) groups is 1. The molecular weight excluding hydrogens is 430 g/mol. The van der Waals surface area contributed by atoms with Crippen LogP contribution in [0.3, 0.4) is 0 Å². The maximum Gasteiger partial charge on any atom is 0.243 e. The van der Waals surface area contributed by atoms with Gasteiger partial charge in [-0.3, -0.25) is 9.10 Å². The van der Waals surface area contributed by atoms with Crippen molar-refractivity contribution in [3.63, 3.8) is 0 Å². The first-order valence-electron chi connectivity index (χ1n) is 8.20. The number of rotatable bonds is 8. The number of sulfonamides is 1. The van der Waals surface area contributed by atoms with Crippen molar-refractivity contribution in [2.75, 3.05) is 23.7 Å². The molecule has 0 saturated carbocycles. The maximum atomic E-state index is 12.9. The van der Waals surface area contributed by atoms with Crippen molar-refractivity contribution in [2.45, 2.75) is 13.0 Å². The lowest BCUT2D eigenvalue weighted by Crippen LogP contribution is -2.48. The Morgan fingerprint density at radius 2 is 1.86 bits per heavy atom. The number of halogens is 3. The van der Waals surface area contributed by atoms with E-state index in [4.69, 9.17) is 27.9 Å². The molecule has 0 heterocycles. The van der Waals surface area contributed by atoms with Crippen LogP contribution >= 0.6 is 23.2 Å². The van der Waals surface area contributed by atoms with Crippen molar-refractivity contribution in [3.8, 4) is 5.75 Å². The molecule has 2 rings (SSSR count). The first kappa shape index (κ1) is 22.3. The Balaban J connectivity index is 2.03. The lowest BCUT2D eigenvalue weighted by atomic mass is 10.2. The number of anilines is 1. The zero-order chi connectivity index (χ0) is 20.9. The minimum absolute atomic E-state index is 0.113. The average Bonchev–Trinajstić information content (AvgIpc) is 2.62. The minimum Gasteiger partial charge on any atom is -0.492 e. The third kappa shape index (κ3) is 5.98. The van der Waals surface area contributed by atoms with Crippen molar-refractivity contribution in [2.24, 2.45) is 0 Å². The molecule has 28 heavy (non-hydrogen) atoms. The van der Waals surface area contributed by atoms with Crippen LogP contribution < -0.4 is 14.4 Å². The number of nitrogens with one attached hydrogen (secondary N) is 1. The van der Waals surface area contributed by atoms with E-state index >= 15 is 0 Å². The fraction of sp³-hybridized carbons (Fsp3) is 0.278. The van der Waals surface area contributed by atoms with Gasteiger partial charge in [-0.15, -0.1) is 0 Å². The molecule has 1 amide bonds. The first-order chi connectivity index (χ1) is 13.1. The number of hydrogen-bond donors (Lipinski definition) is 1. The lowest BCUT2D eigenvalue weighted by Gasteiger charge is -2.29. The highest BCUT2D eigenvalue weighted by atomic mass is 35.5. The standard InChI is InChI=1S/C18H19Cl2FN2O4S/c1-12(18(24)22-9-10-27-15-6-4-14(21)5-7-15)23(28(2,25)26)17-11-13(19)3-8-16(17)20/h3-8,11-12H,9-10H2,1-2H3,(H,22,24). The first-order valence-corrected chi connectivity index (χ1v) is 10.8. The van der Waals surface area contributed by atoms with E-state index in [1.807, 2.05) is 0 Å². The molecule has 0 fully saturated rings. The summed E-state index contributed by atoms with van der Waals surface area (Å²) < 4.78 is 43.7. The van der Waals surface area contributed by atoms with Gasteiger partial charge in [-0.1, -0.05) is 23.2 Å². The van der Waals surface area contributed by atoms with E-state index < -0.39 is 22.0 Å². The average molecular weight is 449 g/mol. The molecule has 1 unspecified atom stereocenters. The van der Waals surface area contributed by atoms with E-state index in [0.29, 0.717) is 5.75 Å². The van der Waals surface area contributed by atoms with Crippen molar-refractivity contribution in [1.29, 1.82) is 0 Å². The molecular formula is C18H19Cl2FN2O4S. The topological polar surface area (TPSA) is 75.7 Å². The van der Waals surface area contributed by atoms with E-state index in [1.54, 1.807) is 0 Å². The van der Waals surface area contributed by atoms with E-state index in [1.165, 1.54) is 49.4 Å². The second-order valence-electron chi connectivity index (χ2n) is 5.92. The summed E-state index contributed by atoms with van der Waals surface area (Å²) in [6.45, 7) is 1.69. The van der Waals surface area contributed by atoms with Crippen LogP contribution in [-0.2, 0) is 14.8 Å². The molecule has 0 saturated heterocycles. The molecule has 1 atom stereocenters. The van der Waals surface area contributed by atoms with Gasteiger partial charge >= 0.3 is 0 Å². The third-order valence-corrected chi connectivity index (χ3v) is 5.50. The van der Waals surface area contributed by atoms with E-state index in [2.05, 4.69) is 5.32 Å². The molecule has 0 aliphatic rings. The van der Waals surface area contributed by atoms with Gasteiger partial charge in [0, 0.05) is 5.02 Å². The quantitative estimate of drug-likeness (QED) is 0.627. The largest absolute Gasteiger partial charge is 0.492 e. The minimum atomic E-state index is -3.82. The maximum absolute atomic E-state index is 12.9. The van der Waals surface area contributed by atoms with Crippen LogP contribution in [0, 0.1) is 5.82 Å². The number of nitrogens with zero attached hydrogens (tertiary/aromatic N) is 1. The summed E-state index contributed by atoms with van der Waals surface area (Å²) in [5.41, 5.74) is 0.113. The smallest absolute Gasteiger partial charge is 0.243 e. The molecule has 0 aliphatic carbocycles. The van der Waals surface area contributed by atoms with Gasteiger partial charge in [-0.2, -0.15) is 0 Å². The van der Waals surface area contributed by atoms with Gasteiger partial charge in [-0.25, -0.2) is 12.8 Å². The lowest BCUT2D eigenvalue weighted by molar-refractivity contribution is -0.121. The van der Waals surface area contributed by atoms with Crippen molar-refractivity contribution >= 4 is 44.8 Å². The Hall–Kier alpha value is -2.03. The van der Waals surface area contributed by atoms with E-state index in [9.17, 15) is 17.6 Å². The normalized spacial score (nSPS) is 12.3. The van der Waals surface area contributed by atoms with Gasteiger partial charge in [0.25, 0.3) is 0 Å². The Morgan fingerprint density at radius 3 is 2.46 bits per heavy atom. The van der Waals surface area contributed by atoms with Crippen LogP contribution in [0.15, 0.2) is 42.5 Å². The molecule has 10 heteroatoms. The number of carbonyl (C=O) groups excluding carboxylic acids is 1. The van der Waals surface area contributed by atoms with Crippen molar-refractivity contribution in [3.05, 3.63) is 58.3 Å². The zero-order valence-corrected chi connectivity index (χ0v) is 17.5. The molecule has 2 aromatic carbocycles. The molecule has 0 aromatic heterocycles. The van der Waals surface area contributed by atoms with Gasteiger partial charge in [0.1, 0.15) is 24.2 Å². The number of ether oxygens (including phenoxy) is 1. The molecule has 0 aliphatic heterocycles. The van der Waals surface area contributed by atoms with Crippen molar-refractivity contribution < 1.29 is 22.3 Å². The summed E-state index contributed by atoms with van der Waals surface area (Å²) in [7, 11) is -3.82. The van der Waals surface area contributed by atoms with Crippen LogP contribution in [0.5, 0.6) is 5.75 Å². The predicted octanol–water partition coefficient (Wildman–Crippen LogP) is 3.48.